The van der Waals surface area contributed by atoms with E-state index in [-0.39, 0.29) is 0 Å². The number of benzene rings is 1. The number of nitrogens with one attached hydrogen (secondary N) is 3. The van der Waals surface area contributed by atoms with Crippen molar-refractivity contribution in [2.24, 2.45) is 0 Å². The summed E-state index contributed by atoms with van der Waals surface area (Å²) in [7, 11) is 0. The van der Waals surface area contributed by atoms with Crippen molar-refractivity contribution in [1.29, 1.82) is 0 Å². The number of anilines is 1. The van der Waals surface area contributed by atoms with Crippen LogP contribution in [-0.4, -0.2) is 43.0 Å². The van der Waals surface area contributed by atoms with Crippen LogP contribution in [0.1, 0.15) is 16.5 Å². The van der Waals surface area contributed by atoms with Crippen LogP contribution in [0.15, 0.2) is 55.0 Å². The summed E-state index contributed by atoms with van der Waals surface area (Å²) in [5.74, 6) is 1.75. The topological polar surface area (TPSA) is 104 Å². The van der Waals surface area contributed by atoms with Crippen molar-refractivity contribution >= 4 is 38.5 Å². The average Bonchev–Trinajstić information content (AvgIpc) is 3.41. The van der Waals surface area contributed by atoms with E-state index in [4.69, 9.17) is 4.98 Å². The second-order valence-corrected chi connectivity index (χ2v) is 8.17. The second kappa shape index (κ2) is 9.15. The highest BCUT2D eigenvalue weighted by Crippen LogP contribution is 2.25. The zero-order chi connectivity index (χ0) is 20.9. The van der Waals surface area contributed by atoms with Gasteiger partial charge in [-0.2, -0.15) is 0 Å². The first-order chi connectivity index (χ1) is 15.3. The summed E-state index contributed by atoms with van der Waals surface area (Å²) in [5, 5.41) is 7.86. The molecule has 4 aromatic heterocycles. The van der Waals surface area contributed by atoms with E-state index in [2.05, 4.69) is 41.6 Å². The monoisotopic (exact) mass is 430 g/mol. The number of nitrogens with zero attached hydrogens (tertiary/aromatic N) is 5. The van der Waals surface area contributed by atoms with Crippen molar-refractivity contribution in [2.75, 3.05) is 18.4 Å². The first kappa shape index (κ1) is 19.5. The number of para-hydroxylation sites is 2. The summed E-state index contributed by atoms with van der Waals surface area (Å²) in [6.07, 6.45) is 5.08. The van der Waals surface area contributed by atoms with Crippen LogP contribution < -0.4 is 10.6 Å². The molecule has 0 saturated carbocycles. The van der Waals surface area contributed by atoms with Gasteiger partial charge in [-0.15, -0.1) is 0 Å². The third-order valence-corrected chi connectivity index (χ3v) is 5.92. The van der Waals surface area contributed by atoms with E-state index in [1.807, 2.05) is 36.4 Å². The molecule has 5 rings (SSSR count). The second-order valence-electron chi connectivity index (χ2n) is 7.11. The minimum absolute atomic E-state index is 0.600. The van der Waals surface area contributed by atoms with Gasteiger partial charge >= 0.3 is 0 Å². The molecule has 5 aromatic rings. The van der Waals surface area contributed by atoms with E-state index >= 15 is 0 Å². The Labute approximate surface area is 183 Å². The van der Waals surface area contributed by atoms with E-state index in [9.17, 15) is 0 Å². The van der Waals surface area contributed by atoms with Gasteiger partial charge in [0.05, 0.1) is 28.3 Å². The molecule has 0 atom stereocenters. The molecule has 0 saturated heterocycles. The smallest absolute Gasteiger partial charge is 0.157 e. The molecule has 3 N–H and O–H groups in total. The summed E-state index contributed by atoms with van der Waals surface area (Å²) in [4.78, 5) is 26.7. The number of H-pyrrole nitrogens is 1. The fourth-order valence-electron chi connectivity index (χ4n) is 3.36. The fraction of sp³-hybridized carbons (Fsp3) is 0.227. The molecule has 156 valence electrons. The van der Waals surface area contributed by atoms with Gasteiger partial charge in [0, 0.05) is 32.1 Å². The molecule has 0 unspecified atom stereocenters. The average molecular weight is 431 g/mol. The van der Waals surface area contributed by atoms with Crippen LogP contribution in [-0.2, 0) is 19.4 Å². The van der Waals surface area contributed by atoms with Gasteiger partial charge in [-0.3, -0.25) is 4.98 Å². The van der Waals surface area contributed by atoms with E-state index in [0.717, 1.165) is 69.7 Å². The lowest BCUT2D eigenvalue weighted by Crippen LogP contribution is -2.20. The summed E-state index contributed by atoms with van der Waals surface area (Å²) in [5.41, 5.74) is 3.88. The van der Waals surface area contributed by atoms with Crippen LogP contribution in [0.4, 0.5) is 5.82 Å². The van der Waals surface area contributed by atoms with Crippen LogP contribution in [0.3, 0.4) is 0 Å². The molecule has 0 amide bonds. The molecule has 8 nitrogen and oxygen atoms in total. The molecular formula is C22H22N8S. The van der Waals surface area contributed by atoms with Gasteiger partial charge < -0.3 is 15.6 Å². The summed E-state index contributed by atoms with van der Waals surface area (Å²) in [6.45, 7) is 2.31. The Kier molecular flexibility index (Phi) is 5.76. The van der Waals surface area contributed by atoms with Gasteiger partial charge in [0.2, 0.25) is 0 Å². The number of hydrogen-bond donors (Lipinski definition) is 3. The quantitative estimate of drug-likeness (QED) is 0.308. The number of fused-ring (bicyclic) bond motifs is 2. The fourth-order valence-corrected chi connectivity index (χ4v) is 4.26. The number of pyridine rings is 1. The molecule has 0 aliphatic carbocycles. The normalized spacial score (nSPS) is 11.4. The Morgan fingerprint density at radius 1 is 0.903 bits per heavy atom. The molecule has 0 fully saturated rings. The predicted octanol–water partition coefficient (Wildman–Crippen LogP) is 3.34. The Balaban J connectivity index is 1.14. The molecule has 0 radical (unpaired) electrons. The lowest BCUT2D eigenvalue weighted by molar-refractivity contribution is 0.670. The zero-order valence-corrected chi connectivity index (χ0v) is 17.7. The number of hydrogen-bond acceptors (Lipinski definition) is 8. The number of rotatable bonds is 9. The van der Waals surface area contributed by atoms with Crippen LogP contribution in [0.2, 0.25) is 0 Å². The van der Waals surface area contributed by atoms with Crippen molar-refractivity contribution in [3.05, 3.63) is 71.5 Å². The Hall–Kier alpha value is -3.43. The molecule has 1 aromatic carbocycles. The first-order valence-electron chi connectivity index (χ1n) is 10.2. The van der Waals surface area contributed by atoms with E-state index in [1.54, 1.807) is 23.9 Å². The summed E-state index contributed by atoms with van der Waals surface area (Å²) >= 11 is 1.61. The SMILES string of the molecule is c1ccc(CNc2ncnc3sc(CCNCCc4nc5ccccc5[nH]4)nc23)nc1. The van der Waals surface area contributed by atoms with Crippen molar-refractivity contribution in [2.45, 2.75) is 19.4 Å². The predicted molar refractivity (Wildman–Crippen MR) is 123 cm³/mol. The minimum atomic E-state index is 0.600. The van der Waals surface area contributed by atoms with Crippen molar-refractivity contribution in [3.8, 4) is 0 Å². The van der Waals surface area contributed by atoms with Crippen molar-refractivity contribution in [1.82, 2.24) is 35.2 Å². The number of thiazole rings is 1. The van der Waals surface area contributed by atoms with E-state index < -0.39 is 0 Å². The lowest BCUT2D eigenvalue weighted by Gasteiger charge is -2.04. The highest BCUT2D eigenvalue weighted by atomic mass is 32.1. The standard InChI is InChI=1S/C22H22N8S/c1-2-7-17-16(6-1)28-18(29-17)8-11-23-12-9-19-30-20-21(26-14-27-22(20)31-19)25-13-15-5-3-4-10-24-15/h1-7,10,14,23H,8-9,11-13H2,(H,28,29)(H,25,26,27). The third-order valence-electron chi connectivity index (χ3n) is 4.90. The largest absolute Gasteiger partial charge is 0.362 e. The Morgan fingerprint density at radius 2 is 1.81 bits per heavy atom. The number of aromatic amines is 1. The zero-order valence-electron chi connectivity index (χ0n) is 16.9. The molecule has 0 spiro atoms. The molecule has 0 aliphatic heterocycles. The van der Waals surface area contributed by atoms with Gasteiger partial charge in [0.15, 0.2) is 5.82 Å². The molecule has 31 heavy (non-hydrogen) atoms. The summed E-state index contributed by atoms with van der Waals surface area (Å²) in [6, 6.07) is 14.0. The maximum atomic E-state index is 4.76. The molecule has 9 heteroatoms. The molecule has 4 heterocycles. The molecule has 0 bridgehead atoms. The van der Waals surface area contributed by atoms with Crippen LogP contribution in [0.5, 0.6) is 0 Å². The van der Waals surface area contributed by atoms with Crippen molar-refractivity contribution < 1.29 is 0 Å². The van der Waals surface area contributed by atoms with E-state index in [0.29, 0.717) is 6.54 Å². The third kappa shape index (κ3) is 4.68. The van der Waals surface area contributed by atoms with Gasteiger partial charge in [0.1, 0.15) is 22.5 Å². The van der Waals surface area contributed by atoms with Gasteiger partial charge in [-0.25, -0.2) is 19.9 Å². The number of imidazole rings is 1. The minimum Gasteiger partial charge on any atom is -0.362 e. The van der Waals surface area contributed by atoms with Crippen molar-refractivity contribution in [3.63, 3.8) is 0 Å². The maximum absolute atomic E-state index is 4.76. The van der Waals surface area contributed by atoms with E-state index in [1.165, 1.54) is 0 Å². The van der Waals surface area contributed by atoms with Gasteiger partial charge in [-0.05, 0) is 24.3 Å². The Morgan fingerprint density at radius 3 is 2.71 bits per heavy atom. The molecular weight excluding hydrogens is 408 g/mol. The van der Waals surface area contributed by atoms with Gasteiger partial charge in [0.25, 0.3) is 0 Å². The van der Waals surface area contributed by atoms with Crippen LogP contribution in [0, 0.1) is 0 Å². The molecule has 0 aliphatic rings. The van der Waals surface area contributed by atoms with Crippen LogP contribution in [0.25, 0.3) is 21.4 Å². The summed E-state index contributed by atoms with van der Waals surface area (Å²) < 4.78 is 0. The van der Waals surface area contributed by atoms with Crippen LogP contribution >= 0.6 is 11.3 Å². The highest BCUT2D eigenvalue weighted by molar-refractivity contribution is 7.18. The maximum Gasteiger partial charge on any atom is 0.157 e. The highest BCUT2D eigenvalue weighted by Gasteiger charge is 2.11. The number of aromatic nitrogens is 6. The van der Waals surface area contributed by atoms with Gasteiger partial charge in [-0.1, -0.05) is 29.5 Å². The lowest BCUT2D eigenvalue weighted by atomic mass is 10.3. The Bertz CT molecular complexity index is 1250. The first-order valence-corrected chi connectivity index (χ1v) is 11.1.